The molecule has 0 saturated heterocycles. The maximum Gasteiger partial charge on any atom is 0.201 e. The topological polar surface area (TPSA) is 40.7 Å². The lowest BCUT2D eigenvalue weighted by molar-refractivity contribution is 0.629. The average molecular weight is 205 g/mol. The molecule has 0 spiro atoms. The first-order chi connectivity index (χ1) is 7.29. The van der Waals surface area contributed by atoms with Gasteiger partial charge in [0.15, 0.2) is 0 Å². The van der Waals surface area contributed by atoms with Crippen LogP contribution in [0.4, 0.5) is 10.3 Å². The first kappa shape index (κ1) is 9.71. The van der Waals surface area contributed by atoms with Crippen molar-refractivity contribution in [3.05, 3.63) is 36.7 Å². The van der Waals surface area contributed by atoms with E-state index in [1.807, 2.05) is 6.08 Å². The van der Waals surface area contributed by atoms with E-state index in [0.717, 1.165) is 18.5 Å². The quantitative estimate of drug-likeness (QED) is 0.595. The van der Waals surface area contributed by atoms with E-state index in [1.54, 1.807) is 6.07 Å². The number of fused-ring (bicyclic) bond motifs is 1. The molecule has 0 amide bonds. The number of rotatable bonds is 4. The lowest BCUT2D eigenvalue weighted by Crippen LogP contribution is -2.01. The zero-order chi connectivity index (χ0) is 10.7. The number of H-pyrrole nitrogens is 1. The second kappa shape index (κ2) is 4.13. The molecule has 3 nitrogen and oxygen atoms in total. The van der Waals surface area contributed by atoms with Crippen molar-refractivity contribution in [3.63, 3.8) is 0 Å². The summed E-state index contributed by atoms with van der Waals surface area (Å²) >= 11 is 0. The summed E-state index contributed by atoms with van der Waals surface area (Å²) in [6.07, 6.45) is 2.70. The van der Waals surface area contributed by atoms with Crippen LogP contribution in [0, 0.1) is 5.82 Å². The van der Waals surface area contributed by atoms with Crippen LogP contribution in [0.2, 0.25) is 0 Å². The third-order valence-electron chi connectivity index (χ3n) is 2.08. The minimum Gasteiger partial charge on any atom is -0.355 e. The Morgan fingerprint density at radius 1 is 1.53 bits per heavy atom. The average Bonchev–Trinajstić information content (AvgIpc) is 2.60. The lowest BCUT2D eigenvalue weighted by atomic mass is 10.3. The molecule has 4 heteroatoms. The molecule has 1 heterocycles. The van der Waals surface area contributed by atoms with E-state index in [9.17, 15) is 4.39 Å². The zero-order valence-electron chi connectivity index (χ0n) is 8.26. The first-order valence-corrected chi connectivity index (χ1v) is 4.79. The number of nitrogens with one attached hydrogen (secondary N) is 2. The summed E-state index contributed by atoms with van der Waals surface area (Å²) in [5.41, 5.74) is 1.47. The van der Waals surface area contributed by atoms with Gasteiger partial charge in [-0.2, -0.15) is 0 Å². The summed E-state index contributed by atoms with van der Waals surface area (Å²) in [7, 11) is 0. The SMILES string of the molecule is C=CCCNc1nc2ccc(F)cc2[nH]1. The van der Waals surface area contributed by atoms with Gasteiger partial charge in [-0.1, -0.05) is 6.08 Å². The molecular formula is C11H12FN3. The molecule has 0 aliphatic heterocycles. The number of nitrogens with zero attached hydrogens (tertiary/aromatic N) is 1. The molecule has 0 saturated carbocycles. The summed E-state index contributed by atoms with van der Waals surface area (Å²) in [4.78, 5) is 7.26. The van der Waals surface area contributed by atoms with E-state index in [-0.39, 0.29) is 5.82 Å². The molecule has 1 aromatic carbocycles. The van der Waals surface area contributed by atoms with Gasteiger partial charge in [-0.05, 0) is 24.6 Å². The van der Waals surface area contributed by atoms with Gasteiger partial charge in [0.2, 0.25) is 5.95 Å². The van der Waals surface area contributed by atoms with Crippen LogP contribution in [-0.4, -0.2) is 16.5 Å². The Labute approximate surface area is 87.0 Å². The highest BCUT2D eigenvalue weighted by molar-refractivity contribution is 5.77. The molecule has 1 aromatic heterocycles. The highest BCUT2D eigenvalue weighted by Crippen LogP contribution is 2.15. The molecular weight excluding hydrogens is 193 g/mol. The molecule has 0 radical (unpaired) electrons. The fraction of sp³-hybridized carbons (Fsp3) is 0.182. The van der Waals surface area contributed by atoms with Crippen molar-refractivity contribution in [1.82, 2.24) is 9.97 Å². The van der Waals surface area contributed by atoms with Gasteiger partial charge in [-0.25, -0.2) is 9.37 Å². The van der Waals surface area contributed by atoms with Gasteiger partial charge in [0.1, 0.15) is 5.82 Å². The number of anilines is 1. The maximum atomic E-state index is 12.9. The van der Waals surface area contributed by atoms with Gasteiger partial charge in [0.25, 0.3) is 0 Å². The smallest absolute Gasteiger partial charge is 0.201 e. The van der Waals surface area contributed by atoms with E-state index in [2.05, 4.69) is 21.9 Å². The summed E-state index contributed by atoms with van der Waals surface area (Å²) in [6, 6.07) is 4.48. The summed E-state index contributed by atoms with van der Waals surface area (Å²) in [5, 5.41) is 3.09. The van der Waals surface area contributed by atoms with Gasteiger partial charge >= 0.3 is 0 Å². The predicted molar refractivity (Wildman–Crippen MR) is 59.4 cm³/mol. The summed E-state index contributed by atoms with van der Waals surface area (Å²) in [6.45, 7) is 4.40. The van der Waals surface area contributed by atoms with Gasteiger partial charge in [-0.3, -0.25) is 0 Å². The molecule has 2 rings (SSSR count). The van der Waals surface area contributed by atoms with Crippen molar-refractivity contribution in [2.24, 2.45) is 0 Å². The van der Waals surface area contributed by atoms with Crippen LogP contribution < -0.4 is 5.32 Å². The molecule has 2 N–H and O–H groups in total. The largest absolute Gasteiger partial charge is 0.355 e. The number of hydrogen-bond acceptors (Lipinski definition) is 2. The van der Waals surface area contributed by atoms with Crippen LogP contribution in [0.15, 0.2) is 30.9 Å². The third kappa shape index (κ3) is 2.15. The molecule has 0 aliphatic carbocycles. The highest BCUT2D eigenvalue weighted by atomic mass is 19.1. The Hall–Kier alpha value is -1.84. The van der Waals surface area contributed by atoms with Crippen molar-refractivity contribution in [1.29, 1.82) is 0 Å². The van der Waals surface area contributed by atoms with Gasteiger partial charge in [-0.15, -0.1) is 6.58 Å². The summed E-state index contributed by atoms with van der Waals surface area (Å²) < 4.78 is 12.9. The minimum atomic E-state index is -0.260. The lowest BCUT2D eigenvalue weighted by Gasteiger charge is -1.97. The van der Waals surface area contributed by atoms with Crippen LogP contribution in [0.25, 0.3) is 11.0 Å². The molecule has 0 atom stereocenters. The summed E-state index contributed by atoms with van der Waals surface area (Å²) in [5.74, 6) is 0.404. The fourth-order valence-electron chi connectivity index (χ4n) is 1.36. The maximum absolute atomic E-state index is 12.9. The molecule has 0 unspecified atom stereocenters. The standard InChI is InChI=1S/C11H12FN3/c1-2-3-6-13-11-14-9-5-4-8(12)7-10(9)15-11/h2,4-5,7H,1,3,6H2,(H2,13,14,15). The normalized spacial score (nSPS) is 10.5. The number of halogens is 1. The number of aromatic nitrogens is 2. The Morgan fingerprint density at radius 3 is 3.20 bits per heavy atom. The van der Waals surface area contributed by atoms with Crippen molar-refractivity contribution in [2.45, 2.75) is 6.42 Å². The number of aromatic amines is 1. The van der Waals surface area contributed by atoms with E-state index in [0.29, 0.717) is 11.5 Å². The molecule has 0 fully saturated rings. The molecule has 0 bridgehead atoms. The fourth-order valence-corrected chi connectivity index (χ4v) is 1.36. The molecule has 2 aromatic rings. The van der Waals surface area contributed by atoms with Crippen LogP contribution in [-0.2, 0) is 0 Å². The second-order valence-corrected chi connectivity index (χ2v) is 3.25. The van der Waals surface area contributed by atoms with Crippen molar-refractivity contribution >= 4 is 17.0 Å². The van der Waals surface area contributed by atoms with Gasteiger partial charge in [0, 0.05) is 6.54 Å². The zero-order valence-corrected chi connectivity index (χ0v) is 8.26. The Balaban J connectivity index is 2.19. The highest BCUT2D eigenvalue weighted by Gasteiger charge is 2.02. The predicted octanol–water partition coefficient (Wildman–Crippen LogP) is 2.69. The Kier molecular flexibility index (Phi) is 2.67. The Morgan fingerprint density at radius 2 is 2.40 bits per heavy atom. The number of imidazole rings is 1. The van der Waals surface area contributed by atoms with Crippen LogP contribution in [0.5, 0.6) is 0 Å². The first-order valence-electron chi connectivity index (χ1n) is 4.79. The molecule has 78 valence electrons. The van der Waals surface area contributed by atoms with Crippen molar-refractivity contribution < 1.29 is 4.39 Å². The van der Waals surface area contributed by atoms with Gasteiger partial charge < -0.3 is 10.3 Å². The number of benzene rings is 1. The number of hydrogen-bond donors (Lipinski definition) is 2. The van der Waals surface area contributed by atoms with Crippen molar-refractivity contribution in [3.8, 4) is 0 Å². The van der Waals surface area contributed by atoms with E-state index in [1.165, 1.54) is 12.1 Å². The van der Waals surface area contributed by atoms with Crippen molar-refractivity contribution in [2.75, 3.05) is 11.9 Å². The molecule has 15 heavy (non-hydrogen) atoms. The van der Waals surface area contributed by atoms with E-state index in [4.69, 9.17) is 0 Å². The second-order valence-electron chi connectivity index (χ2n) is 3.25. The van der Waals surface area contributed by atoms with Crippen LogP contribution in [0.1, 0.15) is 6.42 Å². The third-order valence-corrected chi connectivity index (χ3v) is 2.08. The molecule has 0 aliphatic rings. The monoisotopic (exact) mass is 205 g/mol. The van der Waals surface area contributed by atoms with Crippen LogP contribution in [0.3, 0.4) is 0 Å². The van der Waals surface area contributed by atoms with Gasteiger partial charge in [0.05, 0.1) is 11.0 Å². The van der Waals surface area contributed by atoms with Crippen LogP contribution >= 0.6 is 0 Å². The minimum absolute atomic E-state index is 0.260. The van der Waals surface area contributed by atoms with E-state index < -0.39 is 0 Å². The Bertz CT molecular complexity index is 476. The van der Waals surface area contributed by atoms with E-state index >= 15 is 0 Å².